The number of hydrazine groups is 1. The van der Waals surface area contributed by atoms with Gasteiger partial charge in [-0.3, -0.25) is 39.0 Å². The minimum absolute atomic E-state index is 0.0754. The number of aliphatic hydroxyl groups is 1. The molecule has 0 bridgehead atoms. The van der Waals surface area contributed by atoms with Crippen molar-refractivity contribution in [3.05, 3.63) is 83.9 Å². The van der Waals surface area contributed by atoms with E-state index < -0.39 is 89.5 Å². The normalized spacial score (nSPS) is 13.4. The molecule has 0 heterocycles. The van der Waals surface area contributed by atoms with Crippen LogP contribution in [0.15, 0.2) is 72.8 Å². The Hall–Kier alpha value is -6.30. The Morgan fingerprint density at radius 1 is 0.698 bits per heavy atom. The van der Waals surface area contributed by atoms with Crippen LogP contribution in [-0.4, -0.2) is 106 Å². The van der Waals surface area contributed by atoms with Gasteiger partial charge in [0.1, 0.15) is 42.5 Å². The van der Waals surface area contributed by atoms with E-state index in [1.165, 1.54) is 6.92 Å². The highest BCUT2D eigenvalue weighted by molar-refractivity contribution is 5.99. The Bertz CT molecular complexity index is 1870. The fourth-order valence-corrected chi connectivity index (χ4v) is 5.61. The zero-order chi connectivity index (χ0) is 47.3. The molecule has 0 saturated heterocycles. The van der Waals surface area contributed by atoms with E-state index in [0.717, 1.165) is 17.7 Å². The summed E-state index contributed by atoms with van der Waals surface area (Å²) in [6.07, 6.45) is -0.859. The first-order valence-corrected chi connectivity index (χ1v) is 20.7. The van der Waals surface area contributed by atoms with Crippen molar-refractivity contribution in [1.29, 1.82) is 0 Å². The summed E-state index contributed by atoms with van der Waals surface area (Å²) in [5, 5.41) is 21.3. The first kappa shape index (κ1) is 52.8. The van der Waals surface area contributed by atoms with Crippen molar-refractivity contribution in [1.82, 2.24) is 31.7 Å². The predicted octanol–water partition coefficient (Wildman–Crippen LogP) is 2.92. The third-order valence-corrected chi connectivity index (χ3v) is 8.43. The molecule has 0 aromatic heterocycles. The Morgan fingerprint density at radius 3 is 1.81 bits per heavy atom. The first-order valence-electron chi connectivity index (χ1n) is 20.7. The number of rotatable bonds is 21. The molecule has 0 radical (unpaired) electrons. The molecule has 2 rings (SSSR count). The SMILES string of the molecule is CC(C)C[C@H](NC(=O)OCc1ccccc1)C(=O)N[C@@H](CCC(=O)OC(C)(C)C)C(=O)N[C@H](C(=O)NN(CC(=O)OC(C)(C)C)C(=O)/C=C/C(=O)NCCc1ccccc1)[C@@H](C)O. The van der Waals surface area contributed by atoms with Gasteiger partial charge >= 0.3 is 18.0 Å². The molecule has 6 N–H and O–H groups in total. The van der Waals surface area contributed by atoms with Crippen molar-refractivity contribution in [2.75, 3.05) is 13.1 Å². The summed E-state index contributed by atoms with van der Waals surface area (Å²) in [5.41, 5.74) is 2.05. The second-order valence-electron chi connectivity index (χ2n) is 17.1. The molecule has 63 heavy (non-hydrogen) atoms. The van der Waals surface area contributed by atoms with Crippen LogP contribution in [-0.2, 0) is 60.8 Å². The number of nitrogens with zero attached hydrogens (tertiary/aromatic N) is 1. The number of amides is 6. The number of benzene rings is 2. The first-order chi connectivity index (χ1) is 29.4. The van der Waals surface area contributed by atoms with Gasteiger partial charge in [0.25, 0.3) is 11.8 Å². The van der Waals surface area contributed by atoms with Gasteiger partial charge in [-0.2, -0.15) is 0 Å². The van der Waals surface area contributed by atoms with E-state index in [9.17, 15) is 43.5 Å². The summed E-state index contributed by atoms with van der Waals surface area (Å²) in [6, 6.07) is 13.7. The van der Waals surface area contributed by atoms with Crippen molar-refractivity contribution in [3.8, 4) is 0 Å². The average molecular weight is 881 g/mol. The van der Waals surface area contributed by atoms with Gasteiger partial charge in [-0.05, 0) is 84.8 Å². The number of aliphatic hydroxyl groups excluding tert-OH is 1. The van der Waals surface area contributed by atoms with Crippen LogP contribution in [0.25, 0.3) is 0 Å². The van der Waals surface area contributed by atoms with Crippen molar-refractivity contribution < 1.29 is 57.7 Å². The number of esters is 2. The van der Waals surface area contributed by atoms with E-state index in [1.807, 2.05) is 44.2 Å². The molecule has 0 aliphatic rings. The summed E-state index contributed by atoms with van der Waals surface area (Å²) in [4.78, 5) is 106. The number of hydrogen-bond acceptors (Lipinski definition) is 12. The molecule has 0 saturated carbocycles. The summed E-state index contributed by atoms with van der Waals surface area (Å²) in [5.74, 6) is -6.44. The van der Waals surface area contributed by atoms with Crippen LogP contribution in [0.3, 0.4) is 0 Å². The van der Waals surface area contributed by atoms with Crippen LogP contribution < -0.4 is 26.7 Å². The molecule has 0 spiro atoms. The van der Waals surface area contributed by atoms with E-state index in [-0.39, 0.29) is 38.3 Å². The second kappa shape index (κ2) is 25.6. The lowest BCUT2D eigenvalue weighted by Gasteiger charge is -2.29. The van der Waals surface area contributed by atoms with E-state index in [2.05, 4.69) is 26.7 Å². The maximum atomic E-state index is 13.9. The van der Waals surface area contributed by atoms with Crippen LogP contribution in [0.4, 0.5) is 4.79 Å². The van der Waals surface area contributed by atoms with Gasteiger partial charge in [-0.15, -0.1) is 0 Å². The topological polar surface area (TPSA) is 248 Å². The highest BCUT2D eigenvalue weighted by Gasteiger charge is 2.34. The zero-order valence-electron chi connectivity index (χ0n) is 37.6. The van der Waals surface area contributed by atoms with Crippen LogP contribution in [0.2, 0.25) is 0 Å². The Kier molecular flexibility index (Phi) is 21.5. The fraction of sp³-hybridized carbons (Fsp3) is 0.511. The fourth-order valence-electron chi connectivity index (χ4n) is 5.61. The molecule has 18 heteroatoms. The summed E-state index contributed by atoms with van der Waals surface area (Å²) >= 11 is 0. The summed E-state index contributed by atoms with van der Waals surface area (Å²) in [6.45, 7) is 13.8. The zero-order valence-corrected chi connectivity index (χ0v) is 37.6. The summed E-state index contributed by atoms with van der Waals surface area (Å²) in [7, 11) is 0. The highest BCUT2D eigenvalue weighted by Crippen LogP contribution is 2.13. The molecule has 0 aliphatic heterocycles. The predicted molar refractivity (Wildman–Crippen MR) is 232 cm³/mol. The molecular formula is C45H64N6O12. The Morgan fingerprint density at radius 2 is 1.25 bits per heavy atom. The largest absolute Gasteiger partial charge is 0.460 e. The number of nitrogens with one attached hydrogen (secondary N) is 5. The van der Waals surface area contributed by atoms with E-state index in [4.69, 9.17) is 14.2 Å². The smallest absolute Gasteiger partial charge is 0.408 e. The van der Waals surface area contributed by atoms with Crippen LogP contribution in [0, 0.1) is 5.92 Å². The highest BCUT2D eigenvalue weighted by atomic mass is 16.6. The summed E-state index contributed by atoms with van der Waals surface area (Å²) < 4.78 is 16.0. The third kappa shape index (κ3) is 22.4. The molecule has 2 aromatic rings. The number of carbonyl (C=O) groups is 8. The van der Waals surface area contributed by atoms with Crippen LogP contribution in [0.5, 0.6) is 0 Å². The average Bonchev–Trinajstić information content (AvgIpc) is 3.18. The molecule has 18 nitrogen and oxygen atoms in total. The maximum Gasteiger partial charge on any atom is 0.408 e. The van der Waals surface area contributed by atoms with Crippen LogP contribution >= 0.6 is 0 Å². The molecule has 0 fully saturated rings. The van der Waals surface area contributed by atoms with Crippen molar-refractivity contribution in [2.45, 2.75) is 130 Å². The van der Waals surface area contributed by atoms with Gasteiger partial charge in [0.05, 0.1) is 6.10 Å². The van der Waals surface area contributed by atoms with E-state index in [0.29, 0.717) is 17.0 Å². The Balaban J connectivity index is 2.31. The van der Waals surface area contributed by atoms with Gasteiger partial charge in [0.15, 0.2) is 0 Å². The molecule has 6 amide bonds. The van der Waals surface area contributed by atoms with Crippen molar-refractivity contribution >= 4 is 47.6 Å². The minimum atomic E-state index is -1.81. The second-order valence-corrected chi connectivity index (χ2v) is 17.1. The molecule has 346 valence electrons. The van der Waals surface area contributed by atoms with E-state index >= 15 is 0 Å². The monoisotopic (exact) mass is 880 g/mol. The molecular weight excluding hydrogens is 817 g/mol. The standard InChI is InChI=1S/C45H64N6O12/c1-29(2)26-34(48-43(60)61-28-32-18-14-11-15-19-32)41(58)47-33(20-23-37(55)62-44(4,5)6)40(57)49-39(30(3)52)42(59)50-51(27-38(56)63-45(7,8)9)36(54)22-21-35(53)46-25-24-31-16-12-10-13-17-31/h10-19,21-22,29-30,33-34,39,52H,20,23-28H2,1-9H3,(H,46,53)(H,47,58)(H,48,60)(H,49,57)(H,50,59)/b22-21+/t30-,33+,34+,39+/m1/s1. The third-order valence-electron chi connectivity index (χ3n) is 8.43. The van der Waals surface area contributed by atoms with Gasteiger partial charge < -0.3 is 40.6 Å². The number of carbonyl (C=O) groups excluding carboxylic acids is 8. The molecule has 0 aliphatic carbocycles. The lowest BCUT2D eigenvalue weighted by molar-refractivity contribution is -0.161. The van der Waals surface area contributed by atoms with E-state index in [1.54, 1.807) is 71.9 Å². The minimum Gasteiger partial charge on any atom is -0.460 e. The quantitative estimate of drug-likeness (QED) is 0.0459. The maximum absolute atomic E-state index is 13.9. The molecule has 2 aromatic carbocycles. The Labute approximate surface area is 369 Å². The number of ether oxygens (including phenoxy) is 3. The lowest BCUT2D eigenvalue weighted by Crippen LogP contribution is -2.61. The number of alkyl carbamates (subject to hydrolysis) is 1. The van der Waals surface area contributed by atoms with Crippen molar-refractivity contribution in [3.63, 3.8) is 0 Å². The molecule has 4 atom stereocenters. The van der Waals surface area contributed by atoms with Crippen LogP contribution in [0.1, 0.15) is 92.7 Å². The van der Waals surface area contributed by atoms with Gasteiger partial charge in [0, 0.05) is 25.1 Å². The van der Waals surface area contributed by atoms with Gasteiger partial charge in [-0.1, -0.05) is 74.5 Å². The van der Waals surface area contributed by atoms with Crippen molar-refractivity contribution in [2.24, 2.45) is 5.92 Å². The van der Waals surface area contributed by atoms with Gasteiger partial charge in [-0.25, -0.2) is 9.80 Å². The van der Waals surface area contributed by atoms with Gasteiger partial charge in [0.2, 0.25) is 17.7 Å². The lowest BCUT2D eigenvalue weighted by atomic mass is 10.0. The molecule has 0 unspecified atom stereocenters. The number of hydrogen-bond donors (Lipinski definition) is 6.